The zero-order chi connectivity index (χ0) is 31.5. The number of para-hydroxylation sites is 1. The first-order valence-electron chi connectivity index (χ1n) is 14.6. The van der Waals surface area contributed by atoms with Crippen LogP contribution in [-0.2, 0) is 4.79 Å². The van der Waals surface area contributed by atoms with Crippen molar-refractivity contribution >= 4 is 35.1 Å². The second-order valence-corrected chi connectivity index (χ2v) is 11.4. The molecule has 3 atom stereocenters. The summed E-state index contributed by atoms with van der Waals surface area (Å²) in [5.74, 6) is -1.21. The first-order valence-corrected chi connectivity index (χ1v) is 14.6. The van der Waals surface area contributed by atoms with Gasteiger partial charge in [0.25, 0.3) is 0 Å². The molecule has 0 radical (unpaired) electrons. The fraction of sp³-hybridized carbons (Fsp3) is 0.189. The molecule has 0 saturated carbocycles. The van der Waals surface area contributed by atoms with E-state index < -0.39 is 29.4 Å². The Labute approximate surface area is 259 Å². The van der Waals surface area contributed by atoms with Gasteiger partial charge in [0.2, 0.25) is 0 Å². The molecule has 8 heteroatoms. The highest BCUT2D eigenvalue weighted by Crippen LogP contribution is 2.62. The van der Waals surface area contributed by atoms with Crippen molar-refractivity contribution in [2.75, 3.05) is 19.1 Å². The first kappa shape index (κ1) is 28.3. The number of carbonyl (C=O) groups excluding carboxylic acids is 4. The zero-order valence-corrected chi connectivity index (χ0v) is 24.9. The number of nitrogens with zero attached hydrogens (tertiary/aromatic N) is 1. The smallest absolute Gasteiger partial charge is 0.308 e. The molecule has 0 aromatic heterocycles. The number of carbonyl (C=O) groups is 4. The largest absolute Gasteiger partial charge is 0.497 e. The number of benzene rings is 4. The lowest BCUT2D eigenvalue weighted by Crippen LogP contribution is -2.48. The lowest BCUT2D eigenvalue weighted by Gasteiger charge is -2.37. The van der Waals surface area contributed by atoms with E-state index in [1.807, 2.05) is 41.3 Å². The van der Waals surface area contributed by atoms with E-state index in [4.69, 9.17) is 14.2 Å². The summed E-state index contributed by atoms with van der Waals surface area (Å²) in [5.41, 5.74) is 1.43. The van der Waals surface area contributed by atoms with Crippen LogP contribution in [0.5, 0.6) is 17.2 Å². The average molecular weight is 600 g/mol. The van der Waals surface area contributed by atoms with Crippen LogP contribution in [0.2, 0.25) is 0 Å². The van der Waals surface area contributed by atoms with Gasteiger partial charge in [-0.05, 0) is 54.1 Å². The number of hydrogen-bond acceptors (Lipinski definition) is 8. The Kier molecular flexibility index (Phi) is 6.66. The topological polar surface area (TPSA) is 99.2 Å². The fourth-order valence-electron chi connectivity index (χ4n) is 7.37. The number of methoxy groups -OCH3 is 2. The standard InChI is InChI=1S/C37H29NO7/c1-21(39)45-24-15-12-23(13-16-24)34(40)33-32(28-20-25(43-2)17-18-30(28)44-3)37(35(41)26-9-5-6-10-27(26)36(37)42)31-19-14-22-8-4-7-11-29(22)38(31)33/h4-20,31-33H,1-3H3/t31-,32+,33-/m0/s1. The van der Waals surface area contributed by atoms with E-state index in [0.717, 1.165) is 11.3 Å². The van der Waals surface area contributed by atoms with Gasteiger partial charge < -0.3 is 19.1 Å². The molecule has 224 valence electrons. The van der Waals surface area contributed by atoms with Crippen LogP contribution in [0.25, 0.3) is 6.08 Å². The van der Waals surface area contributed by atoms with Gasteiger partial charge in [-0.1, -0.05) is 54.6 Å². The number of fused-ring (bicyclic) bond motifs is 5. The molecule has 1 spiro atoms. The van der Waals surface area contributed by atoms with E-state index in [0.29, 0.717) is 39.5 Å². The third-order valence-electron chi connectivity index (χ3n) is 9.15. The highest BCUT2D eigenvalue weighted by Gasteiger charge is 2.72. The summed E-state index contributed by atoms with van der Waals surface area (Å²) in [6, 6.07) is 24.2. The molecule has 7 rings (SSSR count). The SMILES string of the molecule is COc1ccc(OC)c([C@@H]2[C@@H](C(=O)c3ccc(OC(C)=O)cc3)N3c4ccccc4C=C[C@H]3C23C(=O)c2ccccc2C3=O)c1. The number of esters is 1. The number of anilines is 1. The molecule has 3 aliphatic rings. The van der Waals surface area contributed by atoms with Crippen LogP contribution in [-0.4, -0.2) is 49.6 Å². The fourth-order valence-corrected chi connectivity index (χ4v) is 7.37. The highest BCUT2D eigenvalue weighted by molar-refractivity contribution is 6.32. The maximum atomic E-state index is 14.9. The lowest BCUT2D eigenvalue weighted by molar-refractivity contribution is -0.131. The van der Waals surface area contributed by atoms with Crippen LogP contribution in [0.1, 0.15) is 55.0 Å². The normalized spacial score (nSPS) is 20.4. The van der Waals surface area contributed by atoms with Gasteiger partial charge in [0, 0.05) is 40.8 Å². The van der Waals surface area contributed by atoms with Crippen molar-refractivity contribution in [2.45, 2.75) is 24.9 Å². The monoisotopic (exact) mass is 599 g/mol. The number of ether oxygens (including phenoxy) is 3. The van der Waals surface area contributed by atoms with Gasteiger partial charge in [-0.3, -0.25) is 19.2 Å². The van der Waals surface area contributed by atoms with E-state index in [-0.39, 0.29) is 17.3 Å². The van der Waals surface area contributed by atoms with Gasteiger partial charge in [0.15, 0.2) is 17.3 Å². The molecule has 0 amide bonds. The summed E-state index contributed by atoms with van der Waals surface area (Å²) in [6.07, 6.45) is 3.79. The maximum absolute atomic E-state index is 14.9. The van der Waals surface area contributed by atoms with Crippen molar-refractivity contribution in [3.63, 3.8) is 0 Å². The molecule has 4 aromatic rings. The van der Waals surface area contributed by atoms with Crippen LogP contribution >= 0.6 is 0 Å². The van der Waals surface area contributed by atoms with E-state index in [2.05, 4.69) is 0 Å². The molecule has 2 aliphatic heterocycles. The van der Waals surface area contributed by atoms with E-state index in [9.17, 15) is 19.2 Å². The summed E-state index contributed by atoms with van der Waals surface area (Å²) in [5, 5.41) is 0. The van der Waals surface area contributed by atoms with Crippen LogP contribution in [0.4, 0.5) is 5.69 Å². The minimum atomic E-state index is -1.69. The van der Waals surface area contributed by atoms with Gasteiger partial charge in [-0.15, -0.1) is 0 Å². The molecule has 0 N–H and O–H groups in total. The van der Waals surface area contributed by atoms with Crippen LogP contribution in [0.15, 0.2) is 97.1 Å². The summed E-state index contributed by atoms with van der Waals surface area (Å²) in [7, 11) is 3.06. The maximum Gasteiger partial charge on any atom is 0.308 e. The molecule has 45 heavy (non-hydrogen) atoms. The molecule has 4 aromatic carbocycles. The van der Waals surface area contributed by atoms with Crippen molar-refractivity contribution in [3.8, 4) is 17.2 Å². The molecule has 0 unspecified atom stereocenters. The van der Waals surface area contributed by atoms with Crippen LogP contribution in [0, 0.1) is 5.41 Å². The zero-order valence-electron chi connectivity index (χ0n) is 24.9. The second-order valence-electron chi connectivity index (χ2n) is 11.4. The molecule has 1 saturated heterocycles. The average Bonchev–Trinajstić information content (AvgIpc) is 3.50. The van der Waals surface area contributed by atoms with Gasteiger partial charge >= 0.3 is 5.97 Å². The summed E-state index contributed by atoms with van der Waals surface area (Å²) in [6.45, 7) is 1.30. The number of Topliss-reactive ketones (excluding diaryl/α,β-unsaturated/α-hetero) is 3. The van der Waals surface area contributed by atoms with Crippen molar-refractivity contribution in [3.05, 3.63) is 125 Å². The van der Waals surface area contributed by atoms with Gasteiger partial charge in [-0.2, -0.15) is 0 Å². The molecular weight excluding hydrogens is 570 g/mol. The Morgan fingerprint density at radius 1 is 0.778 bits per heavy atom. The third kappa shape index (κ3) is 4.05. The van der Waals surface area contributed by atoms with Crippen molar-refractivity contribution in [1.82, 2.24) is 0 Å². The lowest BCUT2D eigenvalue weighted by atomic mass is 9.64. The molecular formula is C37H29NO7. The Balaban J connectivity index is 1.53. The van der Waals surface area contributed by atoms with Crippen LogP contribution < -0.4 is 19.1 Å². The summed E-state index contributed by atoms with van der Waals surface area (Å²) < 4.78 is 16.6. The summed E-state index contributed by atoms with van der Waals surface area (Å²) >= 11 is 0. The highest BCUT2D eigenvalue weighted by atomic mass is 16.5. The predicted octanol–water partition coefficient (Wildman–Crippen LogP) is 5.95. The molecule has 2 heterocycles. The number of hydrogen-bond donors (Lipinski definition) is 0. The van der Waals surface area contributed by atoms with Crippen molar-refractivity contribution < 1.29 is 33.4 Å². The van der Waals surface area contributed by atoms with Gasteiger partial charge in [0.05, 0.1) is 20.3 Å². The Morgan fingerprint density at radius 3 is 2.07 bits per heavy atom. The Bertz CT molecular complexity index is 1890. The number of rotatable bonds is 6. The molecule has 1 aliphatic carbocycles. The van der Waals surface area contributed by atoms with Crippen molar-refractivity contribution in [2.24, 2.45) is 5.41 Å². The quantitative estimate of drug-likeness (QED) is 0.116. The van der Waals surface area contributed by atoms with E-state index in [1.54, 1.807) is 66.7 Å². The van der Waals surface area contributed by atoms with Crippen LogP contribution in [0.3, 0.4) is 0 Å². The Hall–Kier alpha value is -5.50. The Morgan fingerprint density at radius 2 is 1.42 bits per heavy atom. The third-order valence-corrected chi connectivity index (χ3v) is 9.15. The number of ketones is 3. The van der Waals surface area contributed by atoms with Crippen molar-refractivity contribution in [1.29, 1.82) is 0 Å². The second kappa shape index (κ2) is 10.6. The first-order chi connectivity index (χ1) is 21.8. The minimum absolute atomic E-state index is 0.300. The molecule has 0 bridgehead atoms. The predicted molar refractivity (Wildman–Crippen MR) is 167 cm³/mol. The molecule has 1 fully saturated rings. The summed E-state index contributed by atoms with van der Waals surface area (Å²) in [4.78, 5) is 58.2. The minimum Gasteiger partial charge on any atom is -0.497 e. The van der Waals surface area contributed by atoms with Gasteiger partial charge in [-0.25, -0.2) is 0 Å². The molecule has 8 nitrogen and oxygen atoms in total. The van der Waals surface area contributed by atoms with E-state index in [1.165, 1.54) is 21.1 Å². The van der Waals surface area contributed by atoms with E-state index >= 15 is 0 Å². The van der Waals surface area contributed by atoms with Gasteiger partial charge in [0.1, 0.15) is 28.7 Å².